The first-order valence-electron chi connectivity index (χ1n) is 10.8. The Morgan fingerprint density at radius 1 is 1.00 bits per heavy atom. The maximum absolute atomic E-state index is 13.1. The summed E-state index contributed by atoms with van der Waals surface area (Å²) in [6.07, 6.45) is 0. The summed E-state index contributed by atoms with van der Waals surface area (Å²) in [7, 11) is 3.90. The number of aliphatic hydroxyl groups is 1. The van der Waals surface area contributed by atoms with Crippen LogP contribution in [-0.2, 0) is 9.59 Å². The number of likely N-dealkylation sites (tertiary alicyclic amines) is 1. The Morgan fingerprint density at radius 3 is 2.12 bits per heavy atom. The van der Waals surface area contributed by atoms with Crippen LogP contribution in [0.15, 0.2) is 54.1 Å². The lowest BCUT2D eigenvalue weighted by Crippen LogP contribution is -2.38. The SMILES string of the molecule is CCN(CC)CCN1C(=O)C(=O)/C(=C(\O)c2ccc(Cl)cc2)C1c1ccc(N(C)C)cc1. The van der Waals surface area contributed by atoms with Gasteiger partial charge in [0, 0.05) is 43.5 Å². The second-order valence-electron chi connectivity index (χ2n) is 8.01. The number of Topliss-reactive ketones (excluding diaryl/α,β-unsaturated/α-hetero) is 1. The lowest BCUT2D eigenvalue weighted by atomic mass is 9.95. The largest absolute Gasteiger partial charge is 0.507 e. The number of benzene rings is 2. The van der Waals surface area contributed by atoms with Crippen molar-refractivity contribution in [2.75, 3.05) is 45.2 Å². The molecule has 3 rings (SSSR count). The second kappa shape index (κ2) is 10.2. The van der Waals surface area contributed by atoms with Gasteiger partial charge < -0.3 is 19.8 Å². The van der Waals surface area contributed by atoms with Crippen molar-refractivity contribution in [1.29, 1.82) is 0 Å². The molecule has 0 aliphatic carbocycles. The van der Waals surface area contributed by atoms with E-state index in [0.717, 1.165) is 24.3 Å². The summed E-state index contributed by atoms with van der Waals surface area (Å²) in [6.45, 7) is 6.88. The summed E-state index contributed by atoms with van der Waals surface area (Å²) in [5, 5.41) is 11.6. The third kappa shape index (κ3) is 4.81. The van der Waals surface area contributed by atoms with Crippen molar-refractivity contribution in [3.8, 4) is 0 Å². The number of carbonyl (C=O) groups is 2. The number of hydrogen-bond acceptors (Lipinski definition) is 5. The molecule has 170 valence electrons. The van der Waals surface area contributed by atoms with Crippen molar-refractivity contribution in [2.45, 2.75) is 19.9 Å². The fourth-order valence-corrected chi connectivity index (χ4v) is 4.09. The van der Waals surface area contributed by atoms with Crippen molar-refractivity contribution < 1.29 is 14.7 Å². The predicted octanol–water partition coefficient (Wildman–Crippen LogP) is 4.17. The van der Waals surface area contributed by atoms with Crippen LogP contribution < -0.4 is 4.90 Å². The van der Waals surface area contributed by atoms with Crippen LogP contribution in [0.1, 0.15) is 31.0 Å². The number of carbonyl (C=O) groups excluding carboxylic acids is 2. The van der Waals surface area contributed by atoms with Crippen LogP contribution in [0.25, 0.3) is 5.76 Å². The van der Waals surface area contributed by atoms with Gasteiger partial charge in [0.1, 0.15) is 5.76 Å². The van der Waals surface area contributed by atoms with E-state index in [1.807, 2.05) is 43.3 Å². The highest BCUT2D eigenvalue weighted by atomic mass is 35.5. The van der Waals surface area contributed by atoms with Crippen molar-refractivity contribution >= 4 is 34.7 Å². The van der Waals surface area contributed by atoms with E-state index in [0.29, 0.717) is 23.7 Å². The lowest BCUT2D eigenvalue weighted by Gasteiger charge is -2.28. The first-order valence-corrected chi connectivity index (χ1v) is 11.2. The quantitative estimate of drug-likeness (QED) is 0.367. The molecule has 1 amide bonds. The zero-order chi connectivity index (χ0) is 23.4. The number of likely N-dealkylation sites (N-methyl/N-ethyl adjacent to an activating group) is 1. The number of ketones is 1. The molecule has 6 nitrogen and oxygen atoms in total. The summed E-state index contributed by atoms with van der Waals surface area (Å²) in [5.41, 5.74) is 2.34. The van der Waals surface area contributed by atoms with Crippen LogP contribution in [0.5, 0.6) is 0 Å². The van der Waals surface area contributed by atoms with E-state index in [9.17, 15) is 14.7 Å². The third-order valence-corrected chi connectivity index (χ3v) is 6.19. The summed E-state index contributed by atoms with van der Waals surface area (Å²) in [4.78, 5) is 31.9. The van der Waals surface area contributed by atoms with Gasteiger partial charge in [-0.15, -0.1) is 0 Å². The monoisotopic (exact) mass is 455 g/mol. The second-order valence-corrected chi connectivity index (χ2v) is 8.45. The average Bonchev–Trinajstić information content (AvgIpc) is 3.04. The van der Waals surface area contributed by atoms with Gasteiger partial charge in [-0.2, -0.15) is 0 Å². The van der Waals surface area contributed by atoms with Crippen LogP contribution in [0.3, 0.4) is 0 Å². The standard InChI is InChI=1S/C25H30ClN3O3/c1-5-28(6-2)15-16-29-22(17-9-13-20(14-10-17)27(3)4)21(24(31)25(29)32)23(30)18-7-11-19(26)12-8-18/h7-14,22,30H,5-6,15-16H2,1-4H3/b23-21-. The molecule has 0 radical (unpaired) electrons. The molecule has 32 heavy (non-hydrogen) atoms. The first kappa shape index (κ1) is 23.8. The molecule has 1 fully saturated rings. The molecule has 1 saturated heterocycles. The topological polar surface area (TPSA) is 64.1 Å². The number of nitrogens with zero attached hydrogens (tertiary/aromatic N) is 3. The van der Waals surface area contributed by atoms with Crippen LogP contribution in [0.4, 0.5) is 5.69 Å². The van der Waals surface area contributed by atoms with Gasteiger partial charge in [-0.1, -0.05) is 37.6 Å². The molecule has 1 N–H and O–H groups in total. The maximum Gasteiger partial charge on any atom is 0.295 e. The minimum atomic E-state index is -0.668. The highest BCUT2D eigenvalue weighted by molar-refractivity contribution is 6.46. The fraction of sp³-hybridized carbons (Fsp3) is 0.360. The predicted molar refractivity (Wildman–Crippen MR) is 129 cm³/mol. The highest BCUT2D eigenvalue weighted by Crippen LogP contribution is 2.39. The van der Waals surface area contributed by atoms with E-state index in [2.05, 4.69) is 18.7 Å². The van der Waals surface area contributed by atoms with Crippen molar-refractivity contribution in [3.05, 3.63) is 70.3 Å². The first-order chi connectivity index (χ1) is 15.3. The molecule has 7 heteroatoms. The van der Waals surface area contributed by atoms with E-state index < -0.39 is 17.7 Å². The average molecular weight is 456 g/mol. The van der Waals surface area contributed by atoms with Gasteiger partial charge >= 0.3 is 0 Å². The van der Waals surface area contributed by atoms with Gasteiger partial charge in [-0.05, 0) is 55.1 Å². The van der Waals surface area contributed by atoms with E-state index in [1.54, 1.807) is 29.2 Å². The van der Waals surface area contributed by atoms with Gasteiger partial charge in [0.15, 0.2) is 0 Å². The number of rotatable bonds is 8. The van der Waals surface area contributed by atoms with Gasteiger partial charge in [0.25, 0.3) is 11.7 Å². The van der Waals surface area contributed by atoms with E-state index in [1.165, 1.54) is 0 Å². The van der Waals surface area contributed by atoms with Crippen molar-refractivity contribution in [2.24, 2.45) is 0 Å². The van der Waals surface area contributed by atoms with Crippen LogP contribution in [0, 0.1) is 0 Å². The Kier molecular flexibility index (Phi) is 7.59. The van der Waals surface area contributed by atoms with Crippen LogP contribution in [-0.4, -0.2) is 66.9 Å². The summed E-state index contributed by atoms with van der Waals surface area (Å²) in [5.74, 6) is -1.44. The smallest absolute Gasteiger partial charge is 0.295 e. The van der Waals surface area contributed by atoms with E-state index in [-0.39, 0.29) is 11.3 Å². The van der Waals surface area contributed by atoms with Crippen molar-refractivity contribution in [1.82, 2.24) is 9.80 Å². The Balaban J connectivity index is 2.09. The molecule has 0 saturated carbocycles. The highest BCUT2D eigenvalue weighted by Gasteiger charge is 2.45. The molecular weight excluding hydrogens is 426 g/mol. The molecule has 0 aromatic heterocycles. The number of anilines is 1. The van der Waals surface area contributed by atoms with Gasteiger partial charge in [-0.25, -0.2) is 0 Å². The molecule has 1 atom stereocenters. The minimum absolute atomic E-state index is 0.106. The van der Waals surface area contributed by atoms with Gasteiger partial charge in [-0.3, -0.25) is 9.59 Å². The Hall–Kier alpha value is -2.83. The molecule has 2 aromatic rings. The Bertz CT molecular complexity index is 996. The molecule has 2 aromatic carbocycles. The van der Waals surface area contributed by atoms with Crippen molar-refractivity contribution in [3.63, 3.8) is 0 Å². The number of amides is 1. The molecule has 0 bridgehead atoms. The summed E-state index contributed by atoms with van der Waals surface area (Å²) in [6, 6.07) is 13.6. The molecule has 0 spiro atoms. The summed E-state index contributed by atoms with van der Waals surface area (Å²) < 4.78 is 0. The molecule has 1 heterocycles. The minimum Gasteiger partial charge on any atom is -0.507 e. The van der Waals surface area contributed by atoms with E-state index in [4.69, 9.17) is 11.6 Å². The fourth-order valence-electron chi connectivity index (χ4n) is 3.96. The Morgan fingerprint density at radius 2 is 1.59 bits per heavy atom. The van der Waals surface area contributed by atoms with Gasteiger partial charge in [0.05, 0.1) is 11.6 Å². The Labute approximate surface area is 194 Å². The number of aliphatic hydroxyl groups excluding tert-OH is 1. The normalized spacial score (nSPS) is 17.9. The molecule has 1 unspecified atom stereocenters. The van der Waals surface area contributed by atoms with Crippen LogP contribution in [0.2, 0.25) is 5.02 Å². The summed E-state index contributed by atoms with van der Waals surface area (Å²) >= 11 is 5.98. The third-order valence-electron chi connectivity index (χ3n) is 5.93. The van der Waals surface area contributed by atoms with Crippen LogP contribution >= 0.6 is 11.6 Å². The maximum atomic E-state index is 13.1. The number of hydrogen-bond donors (Lipinski definition) is 1. The zero-order valence-electron chi connectivity index (χ0n) is 19.0. The van der Waals surface area contributed by atoms with Gasteiger partial charge in [0.2, 0.25) is 0 Å². The molecule has 1 aliphatic heterocycles. The lowest BCUT2D eigenvalue weighted by molar-refractivity contribution is -0.140. The molecule has 1 aliphatic rings. The van der Waals surface area contributed by atoms with E-state index >= 15 is 0 Å². The zero-order valence-corrected chi connectivity index (χ0v) is 19.8. The number of halogens is 1. The molecular formula is C25H30ClN3O3.